The Hall–Kier alpha value is -2.22. The van der Waals surface area contributed by atoms with Gasteiger partial charge in [0.05, 0.1) is 0 Å². The Morgan fingerprint density at radius 3 is 2.92 bits per heavy atom. The number of rotatable bonds is 6. The number of hydrogen-bond donors (Lipinski definition) is 3. The van der Waals surface area contributed by atoms with E-state index in [0.717, 1.165) is 30.7 Å². The predicted molar refractivity (Wildman–Crippen MR) is 99.6 cm³/mol. The number of fused-ring (bicyclic) bond motifs is 1. The minimum absolute atomic E-state index is 0.409. The lowest BCUT2D eigenvalue weighted by Crippen LogP contribution is -2.41. The molecule has 2 saturated carbocycles. The summed E-state index contributed by atoms with van der Waals surface area (Å²) in [6.45, 7) is 2.10. The van der Waals surface area contributed by atoms with Crippen molar-refractivity contribution < 1.29 is 0 Å². The molecule has 2 aromatic rings. The van der Waals surface area contributed by atoms with Crippen LogP contribution in [0, 0.1) is 5.41 Å². The molecule has 8 heteroatoms. The molecule has 4 aliphatic rings. The van der Waals surface area contributed by atoms with Crippen molar-refractivity contribution in [1.29, 1.82) is 0 Å². The van der Waals surface area contributed by atoms with Crippen LogP contribution in [0.15, 0.2) is 12.3 Å². The first-order chi connectivity index (χ1) is 12.7. The third-order valence-electron chi connectivity index (χ3n) is 6.22. The fourth-order valence-corrected chi connectivity index (χ4v) is 4.97. The quantitative estimate of drug-likeness (QED) is 0.732. The van der Waals surface area contributed by atoms with Gasteiger partial charge < -0.3 is 15.5 Å². The average Bonchev–Trinajstić information content (AvgIpc) is 3.38. The first-order valence-electron chi connectivity index (χ1n) is 9.68. The molecular formula is C18H26N8. The number of aromatic nitrogens is 5. The number of anilines is 3. The van der Waals surface area contributed by atoms with E-state index in [0.29, 0.717) is 23.3 Å². The summed E-state index contributed by atoms with van der Waals surface area (Å²) in [5, 5.41) is 14.0. The van der Waals surface area contributed by atoms with Crippen molar-refractivity contribution in [3.05, 3.63) is 18.1 Å². The number of nitrogens with zero attached hydrogens (tertiary/aromatic N) is 5. The van der Waals surface area contributed by atoms with Crippen LogP contribution in [-0.4, -0.2) is 51.3 Å². The standard InChI is InChI=1S/C18H26N8/c1-19-10-18-8-13(9-18)26(11-18)17-20-7-6-14(22-17)21-16-23-15(24-25-16)12-4-2-3-5-12/h6-7,12-13,19H,2-5,8-11H2,1H3,(H2,20,21,22,23,24,25). The van der Waals surface area contributed by atoms with Crippen molar-refractivity contribution >= 4 is 17.7 Å². The van der Waals surface area contributed by atoms with Crippen molar-refractivity contribution in [3.8, 4) is 0 Å². The lowest BCUT2D eigenvalue weighted by molar-refractivity contribution is 0.196. The highest BCUT2D eigenvalue weighted by Crippen LogP contribution is 2.52. The summed E-state index contributed by atoms with van der Waals surface area (Å²) in [4.78, 5) is 16.2. The molecule has 0 radical (unpaired) electrons. The molecule has 2 aliphatic carbocycles. The van der Waals surface area contributed by atoms with E-state index < -0.39 is 0 Å². The van der Waals surface area contributed by atoms with Crippen LogP contribution in [-0.2, 0) is 0 Å². The zero-order chi connectivity index (χ0) is 17.6. The summed E-state index contributed by atoms with van der Waals surface area (Å²) in [6, 6.07) is 2.45. The van der Waals surface area contributed by atoms with E-state index in [2.05, 4.69) is 35.7 Å². The molecule has 4 heterocycles. The molecule has 138 valence electrons. The summed E-state index contributed by atoms with van der Waals surface area (Å²) in [5.41, 5.74) is 0.409. The molecule has 8 nitrogen and oxygen atoms in total. The largest absolute Gasteiger partial charge is 0.337 e. The van der Waals surface area contributed by atoms with Crippen molar-refractivity contribution in [1.82, 2.24) is 30.5 Å². The normalized spacial score (nSPS) is 27.7. The molecule has 26 heavy (non-hydrogen) atoms. The van der Waals surface area contributed by atoms with Gasteiger partial charge in [0.1, 0.15) is 11.6 Å². The van der Waals surface area contributed by atoms with Gasteiger partial charge in [0.25, 0.3) is 0 Å². The van der Waals surface area contributed by atoms with Gasteiger partial charge in [-0.05, 0) is 38.8 Å². The Bertz CT molecular complexity index is 775. The van der Waals surface area contributed by atoms with Gasteiger partial charge in [-0.25, -0.2) is 4.98 Å². The number of aromatic amines is 1. The van der Waals surface area contributed by atoms with E-state index in [4.69, 9.17) is 4.98 Å². The monoisotopic (exact) mass is 354 g/mol. The second-order valence-corrected chi connectivity index (χ2v) is 8.11. The van der Waals surface area contributed by atoms with Crippen LogP contribution in [0.2, 0.25) is 0 Å². The Morgan fingerprint density at radius 1 is 1.27 bits per heavy atom. The van der Waals surface area contributed by atoms with E-state index in [1.807, 2.05) is 19.3 Å². The van der Waals surface area contributed by atoms with Crippen LogP contribution < -0.4 is 15.5 Å². The van der Waals surface area contributed by atoms with Crippen LogP contribution in [0.1, 0.15) is 50.3 Å². The molecule has 6 rings (SSSR count). The van der Waals surface area contributed by atoms with E-state index >= 15 is 0 Å². The summed E-state index contributed by atoms with van der Waals surface area (Å²) >= 11 is 0. The lowest BCUT2D eigenvalue weighted by Gasteiger charge is -2.36. The second kappa shape index (κ2) is 6.19. The summed E-state index contributed by atoms with van der Waals surface area (Å²) in [5.74, 6) is 3.67. The summed E-state index contributed by atoms with van der Waals surface area (Å²) in [6.07, 6.45) is 9.27. The van der Waals surface area contributed by atoms with Gasteiger partial charge in [0, 0.05) is 36.7 Å². The molecule has 0 aromatic carbocycles. The van der Waals surface area contributed by atoms with E-state index in [1.165, 1.54) is 38.5 Å². The van der Waals surface area contributed by atoms with E-state index in [9.17, 15) is 0 Å². The fourth-order valence-electron chi connectivity index (χ4n) is 4.97. The second-order valence-electron chi connectivity index (χ2n) is 8.11. The number of hydrogen-bond acceptors (Lipinski definition) is 7. The summed E-state index contributed by atoms with van der Waals surface area (Å²) in [7, 11) is 2.03. The van der Waals surface area contributed by atoms with E-state index in [1.54, 1.807) is 0 Å². The Labute approximate surface area is 153 Å². The smallest absolute Gasteiger partial charge is 0.247 e. The SMILES string of the molecule is CNCC12CC(C1)N(c1nccc(Nc3n[nH]c(C4CCCC4)n3)n1)C2. The molecular weight excluding hydrogens is 328 g/mol. The molecule has 2 aromatic heterocycles. The van der Waals surface area contributed by atoms with Crippen molar-refractivity contribution in [2.75, 3.05) is 30.4 Å². The van der Waals surface area contributed by atoms with Crippen molar-refractivity contribution in [2.24, 2.45) is 5.41 Å². The van der Waals surface area contributed by atoms with Gasteiger partial charge in [-0.3, -0.25) is 5.10 Å². The third kappa shape index (κ3) is 2.72. The number of H-pyrrole nitrogens is 1. The lowest BCUT2D eigenvalue weighted by atomic mass is 9.70. The van der Waals surface area contributed by atoms with Crippen LogP contribution >= 0.6 is 0 Å². The van der Waals surface area contributed by atoms with Gasteiger partial charge in [0.15, 0.2) is 0 Å². The van der Waals surface area contributed by atoms with E-state index in [-0.39, 0.29) is 0 Å². The first kappa shape index (κ1) is 16.0. The zero-order valence-corrected chi connectivity index (χ0v) is 15.2. The van der Waals surface area contributed by atoms with Gasteiger partial charge in [-0.2, -0.15) is 9.97 Å². The Balaban J connectivity index is 1.29. The van der Waals surface area contributed by atoms with Crippen molar-refractivity contribution in [3.63, 3.8) is 0 Å². The van der Waals surface area contributed by atoms with Gasteiger partial charge in [-0.15, -0.1) is 5.10 Å². The predicted octanol–water partition coefficient (Wildman–Crippen LogP) is 2.18. The Morgan fingerprint density at radius 2 is 2.12 bits per heavy atom. The fraction of sp³-hybridized carbons (Fsp3) is 0.667. The van der Waals surface area contributed by atoms with Crippen LogP contribution in [0.4, 0.5) is 17.7 Å². The molecule has 2 aliphatic heterocycles. The molecule has 0 spiro atoms. The molecule has 3 N–H and O–H groups in total. The maximum absolute atomic E-state index is 4.71. The molecule has 2 saturated heterocycles. The maximum atomic E-state index is 4.71. The molecule has 0 atom stereocenters. The third-order valence-corrected chi connectivity index (χ3v) is 6.22. The first-order valence-corrected chi connectivity index (χ1v) is 9.68. The zero-order valence-electron chi connectivity index (χ0n) is 15.2. The highest BCUT2D eigenvalue weighted by atomic mass is 15.3. The summed E-state index contributed by atoms with van der Waals surface area (Å²) < 4.78 is 0. The van der Waals surface area contributed by atoms with Gasteiger partial charge >= 0.3 is 0 Å². The van der Waals surface area contributed by atoms with Crippen LogP contribution in [0.5, 0.6) is 0 Å². The van der Waals surface area contributed by atoms with Crippen LogP contribution in [0.3, 0.4) is 0 Å². The molecule has 0 amide bonds. The molecule has 4 fully saturated rings. The number of nitrogens with one attached hydrogen (secondary N) is 3. The Kier molecular flexibility index (Phi) is 3.81. The minimum Gasteiger partial charge on any atom is -0.337 e. The topological polar surface area (TPSA) is 94.7 Å². The molecule has 2 bridgehead atoms. The average molecular weight is 354 g/mol. The maximum Gasteiger partial charge on any atom is 0.247 e. The highest BCUT2D eigenvalue weighted by molar-refractivity contribution is 5.51. The van der Waals surface area contributed by atoms with Crippen LogP contribution in [0.25, 0.3) is 0 Å². The highest BCUT2D eigenvalue weighted by Gasteiger charge is 2.55. The van der Waals surface area contributed by atoms with Gasteiger partial charge in [-0.1, -0.05) is 12.8 Å². The van der Waals surface area contributed by atoms with Crippen molar-refractivity contribution in [2.45, 2.75) is 50.5 Å². The minimum atomic E-state index is 0.409. The molecule has 0 unspecified atom stereocenters. The van der Waals surface area contributed by atoms with Gasteiger partial charge in [0.2, 0.25) is 11.9 Å².